The topological polar surface area (TPSA) is 91.6 Å². The monoisotopic (exact) mass is 377 g/mol. The Morgan fingerprint density at radius 2 is 2.11 bits per heavy atom. The van der Waals surface area contributed by atoms with E-state index >= 15 is 0 Å². The summed E-state index contributed by atoms with van der Waals surface area (Å²) < 4.78 is 5.28. The highest BCUT2D eigenvalue weighted by Gasteiger charge is 2.32. The van der Waals surface area contributed by atoms with Crippen LogP contribution in [0.25, 0.3) is 0 Å². The van der Waals surface area contributed by atoms with E-state index in [0.717, 1.165) is 31.6 Å². The van der Waals surface area contributed by atoms with Crippen molar-refractivity contribution in [1.82, 2.24) is 25.3 Å². The Labute approximate surface area is 160 Å². The van der Waals surface area contributed by atoms with Crippen LogP contribution in [-0.2, 0) is 11.2 Å². The van der Waals surface area contributed by atoms with Crippen LogP contribution in [0.2, 0.25) is 0 Å². The van der Waals surface area contributed by atoms with Crippen LogP contribution in [-0.4, -0.2) is 64.1 Å². The lowest BCUT2D eigenvalue weighted by Gasteiger charge is -2.27. The molecule has 1 N–H and O–H groups in total. The maximum Gasteiger partial charge on any atom is 0.317 e. The smallest absolute Gasteiger partial charge is 0.317 e. The second kappa shape index (κ2) is 8.71. The molecule has 3 rings (SSSR count). The van der Waals surface area contributed by atoms with Crippen LogP contribution in [0.1, 0.15) is 64.1 Å². The molecular weight excluding hydrogens is 346 g/mol. The third-order valence-corrected chi connectivity index (χ3v) is 5.28. The number of nitrogens with one attached hydrogen (secondary N) is 1. The summed E-state index contributed by atoms with van der Waals surface area (Å²) in [6.45, 7) is 8.35. The van der Waals surface area contributed by atoms with Gasteiger partial charge in [-0.15, -0.1) is 0 Å². The normalized spacial score (nSPS) is 19.6. The Kier molecular flexibility index (Phi) is 6.34. The van der Waals surface area contributed by atoms with E-state index in [2.05, 4.69) is 29.3 Å². The zero-order chi connectivity index (χ0) is 19.4. The summed E-state index contributed by atoms with van der Waals surface area (Å²) in [7, 11) is 0. The summed E-state index contributed by atoms with van der Waals surface area (Å²) in [5.74, 6) is 2.41. The number of nitrogens with zero attached hydrogens (tertiary/aromatic N) is 4. The van der Waals surface area contributed by atoms with Gasteiger partial charge in [0, 0.05) is 45.4 Å². The maximum atomic E-state index is 12.3. The molecule has 27 heavy (non-hydrogen) atoms. The van der Waals surface area contributed by atoms with Gasteiger partial charge >= 0.3 is 6.03 Å². The Morgan fingerprint density at radius 1 is 1.33 bits per heavy atom. The van der Waals surface area contributed by atoms with Crippen molar-refractivity contribution in [3.8, 4) is 0 Å². The van der Waals surface area contributed by atoms with Crippen molar-refractivity contribution < 1.29 is 14.1 Å². The number of rotatable bonds is 8. The van der Waals surface area contributed by atoms with Gasteiger partial charge in [-0.25, -0.2) is 4.79 Å². The number of amides is 3. The SMILES string of the molecule is CC(=O)N(CCc1noc(C2CC2)n1)C1CCN(C(=O)NCCC(C)C)C1. The van der Waals surface area contributed by atoms with Crippen molar-refractivity contribution in [3.05, 3.63) is 11.7 Å². The van der Waals surface area contributed by atoms with E-state index in [1.165, 1.54) is 0 Å². The number of likely N-dealkylation sites (tertiary alicyclic amines) is 1. The van der Waals surface area contributed by atoms with Gasteiger partial charge in [-0.2, -0.15) is 4.98 Å². The van der Waals surface area contributed by atoms with Crippen molar-refractivity contribution in [2.45, 2.75) is 64.8 Å². The zero-order valence-electron chi connectivity index (χ0n) is 16.6. The van der Waals surface area contributed by atoms with Crippen LogP contribution in [0.3, 0.4) is 0 Å². The fourth-order valence-corrected chi connectivity index (χ4v) is 3.44. The molecule has 8 nitrogen and oxygen atoms in total. The number of carbonyl (C=O) groups is 2. The molecule has 2 heterocycles. The highest BCUT2D eigenvalue weighted by molar-refractivity contribution is 5.76. The van der Waals surface area contributed by atoms with Gasteiger partial charge in [0.2, 0.25) is 11.8 Å². The first-order chi connectivity index (χ1) is 12.9. The van der Waals surface area contributed by atoms with Crippen molar-refractivity contribution in [2.75, 3.05) is 26.2 Å². The molecule has 1 aliphatic heterocycles. The van der Waals surface area contributed by atoms with Gasteiger partial charge in [-0.1, -0.05) is 19.0 Å². The van der Waals surface area contributed by atoms with E-state index in [0.29, 0.717) is 50.3 Å². The molecule has 1 atom stereocenters. The molecule has 1 saturated carbocycles. The summed E-state index contributed by atoms with van der Waals surface area (Å²) in [5, 5.41) is 7.00. The van der Waals surface area contributed by atoms with Crippen molar-refractivity contribution >= 4 is 11.9 Å². The van der Waals surface area contributed by atoms with Crippen LogP contribution in [0.4, 0.5) is 4.79 Å². The first-order valence-electron chi connectivity index (χ1n) is 10.1. The molecular formula is C19H31N5O3. The first kappa shape index (κ1) is 19.6. The summed E-state index contributed by atoms with van der Waals surface area (Å²) in [6.07, 6.45) is 4.59. The molecule has 1 saturated heterocycles. The summed E-state index contributed by atoms with van der Waals surface area (Å²) in [5.41, 5.74) is 0. The lowest BCUT2D eigenvalue weighted by molar-refractivity contribution is -0.130. The lowest BCUT2D eigenvalue weighted by Crippen LogP contribution is -2.44. The third-order valence-electron chi connectivity index (χ3n) is 5.28. The van der Waals surface area contributed by atoms with Gasteiger partial charge in [-0.3, -0.25) is 4.79 Å². The molecule has 0 bridgehead atoms. The molecule has 0 aromatic carbocycles. The molecule has 0 radical (unpaired) electrons. The third kappa shape index (κ3) is 5.43. The average molecular weight is 377 g/mol. The zero-order valence-corrected chi connectivity index (χ0v) is 16.6. The number of urea groups is 1. The second-order valence-corrected chi connectivity index (χ2v) is 8.09. The van der Waals surface area contributed by atoms with Crippen LogP contribution in [0.5, 0.6) is 0 Å². The molecule has 1 aromatic heterocycles. The largest absolute Gasteiger partial charge is 0.339 e. The van der Waals surface area contributed by atoms with Gasteiger partial charge in [0.15, 0.2) is 5.82 Å². The van der Waals surface area contributed by atoms with Gasteiger partial charge < -0.3 is 19.6 Å². The Bertz CT molecular complexity index is 656. The van der Waals surface area contributed by atoms with Crippen molar-refractivity contribution in [2.24, 2.45) is 5.92 Å². The molecule has 1 unspecified atom stereocenters. The maximum absolute atomic E-state index is 12.3. The molecule has 0 spiro atoms. The number of aromatic nitrogens is 2. The van der Waals surface area contributed by atoms with Gasteiger partial charge in [0.25, 0.3) is 0 Å². The van der Waals surface area contributed by atoms with Crippen LogP contribution < -0.4 is 5.32 Å². The summed E-state index contributed by atoms with van der Waals surface area (Å²) in [6, 6.07) is 0.0158. The highest BCUT2D eigenvalue weighted by Crippen LogP contribution is 2.38. The van der Waals surface area contributed by atoms with Crippen molar-refractivity contribution in [3.63, 3.8) is 0 Å². The molecule has 1 aliphatic carbocycles. The molecule has 2 aliphatic rings. The average Bonchev–Trinajstić information content (AvgIpc) is 3.16. The standard InChI is InChI=1S/C19H31N5O3/c1-13(2)6-9-20-19(26)23-10-7-16(12-23)24(14(3)25)11-8-17-21-18(27-22-17)15-4-5-15/h13,15-16H,4-12H2,1-3H3,(H,20,26). The number of hydrogen-bond donors (Lipinski definition) is 1. The van der Waals surface area contributed by atoms with E-state index in [4.69, 9.17) is 4.52 Å². The molecule has 2 fully saturated rings. The number of hydrogen-bond acceptors (Lipinski definition) is 5. The number of carbonyl (C=O) groups excluding carboxylic acids is 2. The molecule has 150 valence electrons. The Morgan fingerprint density at radius 3 is 2.78 bits per heavy atom. The van der Waals surface area contributed by atoms with Gasteiger partial charge in [-0.05, 0) is 31.6 Å². The highest BCUT2D eigenvalue weighted by atomic mass is 16.5. The molecule has 3 amide bonds. The fraction of sp³-hybridized carbons (Fsp3) is 0.789. The predicted octanol–water partition coefficient (Wildman–Crippen LogP) is 2.17. The van der Waals surface area contributed by atoms with Gasteiger partial charge in [0.1, 0.15) is 0 Å². The van der Waals surface area contributed by atoms with E-state index in [1.807, 2.05) is 4.90 Å². The lowest BCUT2D eigenvalue weighted by atomic mass is 10.1. The van der Waals surface area contributed by atoms with E-state index in [9.17, 15) is 9.59 Å². The molecule has 8 heteroatoms. The van der Waals surface area contributed by atoms with Gasteiger partial charge in [0.05, 0.1) is 6.04 Å². The van der Waals surface area contributed by atoms with Crippen LogP contribution in [0, 0.1) is 5.92 Å². The minimum absolute atomic E-state index is 0.0213. The minimum atomic E-state index is -0.0334. The van der Waals surface area contributed by atoms with Crippen LogP contribution in [0.15, 0.2) is 4.52 Å². The Hall–Kier alpha value is -2.12. The first-order valence-corrected chi connectivity index (χ1v) is 10.1. The predicted molar refractivity (Wildman–Crippen MR) is 100 cm³/mol. The van der Waals surface area contributed by atoms with E-state index in [-0.39, 0.29) is 18.0 Å². The van der Waals surface area contributed by atoms with Crippen LogP contribution >= 0.6 is 0 Å². The minimum Gasteiger partial charge on any atom is -0.339 e. The Balaban J connectivity index is 1.48. The van der Waals surface area contributed by atoms with E-state index in [1.54, 1.807) is 11.8 Å². The summed E-state index contributed by atoms with van der Waals surface area (Å²) in [4.78, 5) is 32.5. The summed E-state index contributed by atoms with van der Waals surface area (Å²) >= 11 is 0. The van der Waals surface area contributed by atoms with E-state index < -0.39 is 0 Å². The quantitative estimate of drug-likeness (QED) is 0.750. The molecule has 1 aromatic rings. The van der Waals surface area contributed by atoms with Crippen molar-refractivity contribution in [1.29, 1.82) is 0 Å². The second-order valence-electron chi connectivity index (χ2n) is 8.09. The fourth-order valence-electron chi connectivity index (χ4n) is 3.44.